The number of methoxy groups -OCH3 is 2. The maximum atomic E-state index is 13.1. The van der Waals surface area contributed by atoms with Crippen LogP contribution in [0.5, 0.6) is 0 Å². The Morgan fingerprint density at radius 1 is 1.26 bits per heavy atom. The van der Waals surface area contributed by atoms with E-state index in [1.165, 1.54) is 6.42 Å². The van der Waals surface area contributed by atoms with Gasteiger partial charge in [0.2, 0.25) is 0 Å². The van der Waals surface area contributed by atoms with E-state index in [1.807, 2.05) is 18.1 Å². The van der Waals surface area contributed by atoms with Gasteiger partial charge in [0.25, 0.3) is 5.91 Å². The lowest BCUT2D eigenvalue weighted by molar-refractivity contribution is -0.158. The largest absolute Gasteiger partial charge is 0.379 e. The number of aryl methyl sites for hydroxylation is 1. The predicted molar refractivity (Wildman–Crippen MR) is 83.9 cm³/mol. The minimum atomic E-state index is -0.645. The van der Waals surface area contributed by atoms with Crippen molar-refractivity contribution in [2.75, 3.05) is 27.3 Å². The summed E-state index contributed by atoms with van der Waals surface area (Å²) in [5.41, 5.74) is 0.234. The molecule has 23 heavy (non-hydrogen) atoms. The lowest BCUT2D eigenvalue weighted by Gasteiger charge is -2.37. The summed E-state index contributed by atoms with van der Waals surface area (Å²) in [6.07, 6.45) is 6.76. The molecule has 2 atom stereocenters. The summed E-state index contributed by atoms with van der Waals surface area (Å²) in [5.74, 6) is 0.170. The monoisotopic (exact) mass is 322 g/mol. The Hall–Kier alpha value is -1.47. The molecule has 0 unspecified atom stereocenters. The van der Waals surface area contributed by atoms with Crippen molar-refractivity contribution in [3.05, 3.63) is 11.9 Å². The first-order chi connectivity index (χ1) is 11.1. The molecule has 1 aliphatic heterocycles. The Kier molecular flexibility index (Phi) is 4.68. The van der Waals surface area contributed by atoms with E-state index in [2.05, 4.69) is 10.3 Å². The SMILES string of the molecule is CO[C@@H]1CN(C(=O)C2(OC)CCCCC2)C[C@H]1c1cn(C)nn1. The summed E-state index contributed by atoms with van der Waals surface area (Å²) in [4.78, 5) is 15.0. The number of hydrogen-bond acceptors (Lipinski definition) is 5. The van der Waals surface area contributed by atoms with Gasteiger partial charge in [-0.15, -0.1) is 5.10 Å². The molecule has 1 saturated carbocycles. The molecule has 128 valence electrons. The van der Waals surface area contributed by atoms with Gasteiger partial charge in [-0.2, -0.15) is 0 Å². The van der Waals surface area contributed by atoms with Gasteiger partial charge in [0.1, 0.15) is 5.60 Å². The molecule has 1 amide bonds. The van der Waals surface area contributed by atoms with Crippen molar-refractivity contribution in [1.82, 2.24) is 19.9 Å². The summed E-state index contributed by atoms with van der Waals surface area (Å²) in [6, 6.07) is 0. The molecule has 7 heteroatoms. The van der Waals surface area contributed by atoms with Crippen molar-refractivity contribution in [2.45, 2.75) is 49.7 Å². The van der Waals surface area contributed by atoms with Gasteiger partial charge in [-0.25, -0.2) is 0 Å². The predicted octanol–water partition coefficient (Wildman–Crippen LogP) is 1.11. The number of carbonyl (C=O) groups is 1. The highest BCUT2D eigenvalue weighted by molar-refractivity contribution is 5.86. The number of likely N-dealkylation sites (tertiary alicyclic amines) is 1. The van der Waals surface area contributed by atoms with E-state index >= 15 is 0 Å². The van der Waals surface area contributed by atoms with Crippen molar-refractivity contribution in [2.24, 2.45) is 7.05 Å². The molecule has 0 radical (unpaired) electrons. The topological polar surface area (TPSA) is 69.5 Å². The Balaban J connectivity index is 1.77. The second-order valence-electron chi connectivity index (χ2n) is 6.67. The average Bonchev–Trinajstić information content (AvgIpc) is 3.20. The van der Waals surface area contributed by atoms with Crippen LogP contribution in [-0.2, 0) is 21.3 Å². The molecule has 2 fully saturated rings. The lowest BCUT2D eigenvalue weighted by Crippen LogP contribution is -2.51. The van der Waals surface area contributed by atoms with E-state index in [0.717, 1.165) is 31.4 Å². The molecule has 0 bridgehead atoms. The number of aromatic nitrogens is 3. The van der Waals surface area contributed by atoms with Gasteiger partial charge >= 0.3 is 0 Å². The fourth-order valence-corrected chi connectivity index (χ4v) is 3.91. The molecule has 1 aromatic rings. The third-order valence-electron chi connectivity index (χ3n) is 5.30. The smallest absolute Gasteiger partial charge is 0.254 e. The zero-order valence-corrected chi connectivity index (χ0v) is 14.2. The standard InChI is InChI=1S/C16H26N4O3/c1-19-10-13(17-18-19)12-9-20(11-14(12)22-2)15(21)16(23-3)7-5-4-6-8-16/h10,12,14H,4-9,11H2,1-3H3/t12-,14+/m0/s1. The van der Waals surface area contributed by atoms with Gasteiger partial charge < -0.3 is 14.4 Å². The Morgan fingerprint density at radius 2 is 2.00 bits per heavy atom. The van der Waals surface area contributed by atoms with Crippen molar-refractivity contribution in [1.29, 1.82) is 0 Å². The maximum absolute atomic E-state index is 13.1. The molecule has 0 spiro atoms. The van der Waals surface area contributed by atoms with Gasteiger partial charge in [-0.05, 0) is 12.8 Å². The Labute approximate surface area is 136 Å². The highest BCUT2D eigenvalue weighted by Crippen LogP contribution is 2.36. The molecule has 1 saturated heterocycles. The first-order valence-corrected chi connectivity index (χ1v) is 8.33. The molecule has 7 nitrogen and oxygen atoms in total. The molecular weight excluding hydrogens is 296 g/mol. The minimum Gasteiger partial charge on any atom is -0.379 e. The van der Waals surface area contributed by atoms with Gasteiger partial charge in [0.05, 0.1) is 17.7 Å². The molecule has 1 aliphatic carbocycles. The van der Waals surface area contributed by atoms with Crippen LogP contribution in [0.2, 0.25) is 0 Å². The average molecular weight is 322 g/mol. The van der Waals surface area contributed by atoms with Crippen LogP contribution in [0.25, 0.3) is 0 Å². The number of ether oxygens (including phenoxy) is 2. The van der Waals surface area contributed by atoms with Crippen LogP contribution in [-0.4, -0.2) is 64.8 Å². The molecular formula is C16H26N4O3. The number of rotatable bonds is 4. The van der Waals surface area contributed by atoms with Crippen molar-refractivity contribution < 1.29 is 14.3 Å². The fourth-order valence-electron chi connectivity index (χ4n) is 3.91. The van der Waals surface area contributed by atoms with Crippen molar-refractivity contribution in [3.63, 3.8) is 0 Å². The number of carbonyl (C=O) groups excluding carboxylic acids is 1. The summed E-state index contributed by atoms with van der Waals surface area (Å²) in [5, 5.41) is 8.21. The first-order valence-electron chi connectivity index (χ1n) is 8.33. The molecule has 0 aromatic carbocycles. The van der Waals surface area contributed by atoms with Gasteiger partial charge in [0.15, 0.2) is 0 Å². The van der Waals surface area contributed by atoms with Crippen LogP contribution >= 0.6 is 0 Å². The van der Waals surface area contributed by atoms with E-state index in [-0.39, 0.29) is 17.9 Å². The number of amides is 1. The van der Waals surface area contributed by atoms with Gasteiger partial charge in [-0.1, -0.05) is 24.5 Å². The third kappa shape index (κ3) is 2.99. The zero-order chi connectivity index (χ0) is 16.4. The van der Waals surface area contributed by atoms with Crippen molar-refractivity contribution in [3.8, 4) is 0 Å². The Bertz CT molecular complexity index is 553. The molecule has 3 rings (SSSR count). The molecule has 2 aliphatic rings. The number of hydrogen-bond donors (Lipinski definition) is 0. The highest BCUT2D eigenvalue weighted by atomic mass is 16.5. The van der Waals surface area contributed by atoms with Crippen LogP contribution < -0.4 is 0 Å². The normalized spacial score (nSPS) is 27.3. The third-order valence-corrected chi connectivity index (χ3v) is 5.30. The molecule has 2 heterocycles. The van der Waals surface area contributed by atoms with Crippen LogP contribution in [0, 0.1) is 0 Å². The van der Waals surface area contributed by atoms with E-state index in [0.29, 0.717) is 13.1 Å². The van der Waals surface area contributed by atoms with Gasteiger partial charge in [-0.3, -0.25) is 9.48 Å². The van der Waals surface area contributed by atoms with E-state index < -0.39 is 5.60 Å². The summed E-state index contributed by atoms with van der Waals surface area (Å²) in [6.45, 7) is 1.20. The quantitative estimate of drug-likeness (QED) is 0.830. The summed E-state index contributed by atoms with van der Waals surface area (Å²) >= 11 is 0. The maximum Gasteiger partial charge on any atom is 0.254 e. The van der Waals surface area contributed by atoms with Crippen molar-refractivity contribution >= 4 is 5.91 Å². The van der Waals surface area contributed by atoms with E-state index in [1.54, 1.807) is 18.9 Å². The minimum absolute atomic E-state index is 0.0480. The Morgan fingerprint density at radius 3 is 2.57 bits per heavy atom. The summed E-state index contributed by atoms with van der Waals surface area (Å²) in [7, 11) is 5.19. The molecule has 0 N–H and O–H groups in total. The second-order valence-corrected chi connectivity index (χ2v) is 6.67. The van der Waals surface area contributed by atoms with Crippen LogP contribution in [0.1, 0.15) is 43.7 Å². The second kappa shape index (κ2) is 6.57. The lowest BCUT2D eigenvalue weighted by atomic mass is 9.83. The van der Waals surface area contributed by atoms with E-state index in [4.69, 9.17) is 9.47 Å². The first kappa shape index (κ1) is 16.4. The fraction of sp³-hybridized carbons (Fsp3) is 0.812. The van der Waals surface area contributed by atoms with E-state index in [9.17, 15) is 4.79 Å². The number of nitrogens with zero attached hydrogens (tertiary/aromatic N) is 4. The van der Waals surface area contributed by atoms with Crippen LogP contribution in [0.15, 0.2) is 6.20 Å². The molecule has 1 aromatic heterocycles. The van der Waals surface area contributed by atoms with Crippen LogP contribution in [0.4, 0.5) is 0 Å². The van der Waals surface area contributed by atoms with Gasteiger partial charge in [0, 0.05) is 40.6 Å². The summed E-state index contributed by atoms with van der Waals surface area (Å²) < 4.78 is 13.0. The highest BCUT2D eigenvalue weighted by Gasteiger charge is 2.47. The zero-order valence-electron chi connectivity index (χ0n) is 14.2. The van der Waals surface area contributed by atoms with Crippen LogP contribution in [0.3, 0.4) is 0 Å².